The summed E-state index contributed by atoms with van der Waals surface area (Å²) in [6, 6.07) is 0. The molecule has 0 atom stereocenters. The molecule has 0 aromatic heterocycles. The number of carbonyl (C=O) groups is 1. The fourth-order valence-corrected chi connectivity index (χ4v) is 6.03. The van der Waals surface area contributed by atoms with Gasteiger partial charge in [-0.25, -0.2) is 0 Å². The van der Waals surface area contributed by atoms with Crippen molar-refractivity contribution in [3.63, 3.8) is 0 Å². The zero-order valence-electron chi connectivity index (χ0n) is 30.8. The van der Waals surface area contributed by atoms with Crippen molar-refractivity contribution in [3.05, 3.63) is 36.5 Å². The summed E-state index contributed by atoms with van der Waals surface area (Å²) in [6.07, 6.45) is 56.7. The molecule has 0 aromatic rings. The van der Waals surface area contributed by atoms with Crippen molar-refractivity contribution < 1.29 is 9.53 Å². The minimum atomic E-state index is 0.00924. The summed E-state index contributed by atoms with van der Waals surface area (Å²) >= 11 is 0. The Morgan fingerprint density at radius 1 is 0.400 bits per heavy atom. The summed E-state index contributed by atoms with van der Waals surface area (Å²) in [5.74, 6) is 0.00924. The predicted octanol–water partition coefficient (Wildman–Crippen LogP) is 15.1. The van der Waals surface area contributed by atoms with Crippen molar-refractivity contribution in [2.24, 2.45) is 0 Å². The average molecular weight is 629 g/mol. The van der Waals surface area contributed by atoms with E-state index in [9.17, 15) is 4.79 Å². The molecule has 0 bridgehead atoms. The number of unbranched alkanes of at least 4 members (excludes halogenated alkanes) is 27. The second-order valence-electron chi connectivity index (χ2n) is 13.6. The van der Waals surface area contributed by atoms with E-state index in [1.807, 2.05) is 0 Å². The first-order valence-corrected chi connectivity index (χ1v) is 20.4. The number of carbonyl (C=O) groups excluding carboxylic acids is 1. The molecular formula is C43H80O2. The number of hydrogen-bond acceptors (Lipinski definition) is 2. The van der Waals surface area contributed by atoms with Crippen LogP contribution in [0, 0.1) is 0 Å². The molecule has 0 saturated heterocycles. The van der Waals surface area contributed by atoms with Gasteiger partial charge in [-0.15, -0.1) is 0 Å². The summed E-state index contributed by atoms with van der Waals surface area (Å²) in [7, 11) is 0. The lowest BCUT2D eigenvalue weighted by Crippen LogP contribution is -2.05. The smallest absolute Gasteiger partial charge is 0.305 e. The van der Waals surface area contributed by atoms with E-state index in [0.717, 1.165) is 38.5 Å². The molecule has 0 aliphatic carbocycles. The van der Waals surface area contributed by atoms with Crippen LogP contribution in [-0.4, -0.2) is 12.6 Å². The van der Waals surface area contributed by atoms with E-state index in [1.54, 1.807) is 0 Å². The molecule has 0 N–H and O–H groups in total. The van der Waals surface area contributed by atoms with Crippen LogP contribution in [0.1, 0.15) is 226 Å². The second kappa shape index (κ2) is 40.7. The van der Waals surface area contributed by atoms with Gasteiger partial charge in [-0.1, -0.05) is 211 Å². The molecule has 0 radical (unpaired) electrons. The first-order chi connectivity index (χ1) is 22.3. The maximum Gasteiger partial charge on any atom is 0.305 e. The van der Waals surface area contributed by atoms with Gasteiger partial charge in [0.2, 0.25) is 0 Å². The molecule has 0 rings (SSSR count). The topological polar surface area (TPSA) is 26.3 Å². The highest BCUT2D eigenvalue weighted by Crippen LogP contribution is 2.16. The van der Waals surface area contributed by atoms with E-state index >= 15 is 0 Å². The number of ether oxygens (including phenoxy) is 1. The fraction of sp³-hybridized carbons (Fsp3) is 0.837. The van der Waals surface area contributed by atoms with E-state index < -0.39 is 0 Å². The molecule has 45 heavy (non-hydrogen) atoms. The Balaban J connectivity index is 3.20. The molecule has 2 heteroatoms. The Kier molecular flexibility index (Phi) is 39.5. The van der Waals surface area contributed by atoms with Gasteiger partial charge in [0.15, 0.2) is 0 Å². The molecule has 0 fully saturated rings. The van der Waals surface area contributed by atoms with Gasteiger partial charge in [0.25, 0.3) is 0 Å². The normalized spacial score (nSPS) is 12.0. The summed E-state index contributed by atoms with van der Waals surface area (Å²) < 4.78 is 5.45. The molecule has 0 amide bonds. The van der Waals surface area contributed by atoms with Crippen LogP contribution in [0.4, 0.5) is 0 Å². The molecule has 264 valence electrons. The van der Waals surface area contributed by atoms with Gasteiger partial charge in [0.05, 0.1) is 6.61 Å². The molecule has 0 unspecified atom stereocenters. The van der Waals surface area contributed by atoms with E-state index in [2.05, 4.69) is 50.3 Å². The van der Waals surface area contributed by atoms with Gasteiger partial charge in [-0.2, -0.15) is 0 Å². The lowest BCUT2D eigenvalue weighted by Gasteiger charge is -2.06. The van der Waals surface area contributed by atoms with Crippen LogP contribution in [0.15, 0.2) is 36.5 Å². The van der Waals surface area contributed by atoms with Crippen molar-refractivity contribution >= 4 is 5.97 Å². The molecule has 2 nitrogen and oxygen atoms in total. The largest absolute Gasteiger partial charge is 0.466 e. The average Bonchev–Trinajstić information content (AvgIpc) is 3.05. The van der Waals surface area contributed by atoms with Gasteiger partial charge >= 0.3 is 5.97 Å². The molecule has 0 saturated carbocycles. The monoisotopic (exact) mass is 629 g/mol. The van der Waals surface area contributed by atoms with Crippen LogP contribution in [0.25, 0.3) is 0 Å². The number of esters is 1. The van der Waals surface area contributed by atoms with E-state index in [0.29, 0.717) is 13.0 Å². The van der Waals surface area contributed by atoms with Crippen molar-refractivity contribution in [2.75, 3.05) is 6.61 Å². The Hall–Kier alpha value is -1.31. The van der Waals surface area contributed by atoms with Crippen molar-refractivity contribution in [1.82, 2.24) is 0 Å². The van der Waals surface area contributed by atoms with Crippen molar-refractivity contribution in [2.45, 2.75) is 226 Å². The summed E-state index contributed by atoms with van der Waals surface area (Å²) in [5, 5.41) is 0. The summed E-state index contributed by atoms with van der Waals surface area (Å²) in [5.41, 5.74) is 0. The lowest BCUT2D eigenvalue weighted by atomic mass is 10.0. The molecule has 0 aromatic carbocycles. The fourth-order valence-electron chi connectivity index (χ4n) is 6.03. The van der Waals surface area contributed by atoms with Gasteiger partial charge in [-0.05, 0) is 44.9 Å². The third-order valence-electron chi connectivity index (χ3n) is 9.04. The molecule has 0 aliphatic rings. The Labute approximate surface area is 283 Å². The van der Waals surface area contributed by atoms with Crippen LogP contribution < -0.4 is 0 Å². The Morgan fingerprint density at radius 3 is 1.20 bits per heavy atom. The molecule has 0 spiro atoms. The second-order valence-corrected chi connectivity index (χ2v) is 13.6. The summed E-state index contributed by atoms with van der Waals surface area (Å²) in [4.78, 5) is 12.0. The Morgan fingerprint density at radius 2 is 0.756 bits per heavy atom. The first kappa shape index (κ1) is 43.7. The van der Waals surface area contributed by atoms with Gasteiger partial charge < -0.3 is 4.74 Å². The van der Waals surface area contributed by atoms with Gasteiger partial charge in [-0.3, -0.25) is 4.79 Å². The van der Waals surface area contributed by atoms with Gasteiger partial charge in [0.1, 0.15) is 0 Å². The Bertz CT molecular complexity index is 646. The van der Waals surface area contributed by atoms with Crippen molar-refractivity contribution in [3.8, 4) is 0 Å². The van der Waals surface area contributed by atoms with E-state index in [1.165, 1.54) is 167 Å². The van der Waals surface area contributed by atoms with E-state index in [4.69, 9.17) is 4.74 Å². The van der Waals surface area contributed by atoms with Crippen LogP contribution >= 0.6 is 0 Å². The lowest BCUT2D eigenvalue weighted by molar-refractivity contribution is -0.143. The highest BCUT2D eigenvalue weighted by Gasteiger charge is 2.02. The number of rotatable bonds is 37. The number of allylic oxidation sites excluding steroid dienone is 6. The first-order valence-electron chi connectivity index (χ1n) is 20.4. The maximum atomic E-state index is 12.0. The predicted molar refractivity (Wildman–Crippen MR) is 202 cm³/mol. The number of hydrogen-bond donors (Lipinski definition) is 0. The standard InChI is InChI=1S/C43H80O2/c1-3-5-7-9-11-13-15-17-19-20-21-22-23-24-25-26-28-30-32-34-36-38-40-42-45-43(44)41-39-37-35-33-31-29-27-18-16-14-12-10-8-6-4-2/h6,8,12,14,18,27H,3-5,7,9-11,13,15-17,19-26,28-42H2,1-2H3/b8-6-,14-12-,27-18-. The minimum absolute atomic E-state index is 0.00924. The van der Waals surface area contributed by atoms with Crippen LogP contribution in [-0.2, 0) is 9.53 Å². The minimum Gasteiger partial charge on any atom is -0.466 e. The summed E-state index contributed by atoms with van der Waals surface area (Å²) in [6.45, 7) is 5.09. The molecular weight excluding hydrogens is 548 g/mol. The third-order valence-corrected chi connectivity index (χ3v) is 9.04. The zero-order valence-corrected chi connectivity index (χ0v) is 30.8. The van der Waals surface area contributed by atoms with Gasteiger partial charge in [0, 0.05) is 6.42 Å². The zero-order chi connectivity index (χ0) is 32.6. The highest BCUT2D eigenvalue weighted by molar-refractivity contribution is 5.69. The maximum absolute atomic E-state index is 12.0. The van der Waals surface area contributed by atoms with Crippen LogP contribution in [0.5, 0.6) is 0 Å². The van der Waals surface area contributed by atoms with Crippen LogP contribution in [0.2, 0.25) is 0 Å². The third kappa shape index (κ3) is 40.7. The SMILES string of the molecule is CC/C=C\C/C=C\C/C=C\CCCCCCCC(=O)OCCCCCCCCCCCCCCCCCCCCCCCCC. The quantitative estimate of drug-likeness (QED) is 0.0389. The van der Waals surface area contributed by atoms with Crippen LogP contribution in [0.3, 0.4) is 0 Å². The molecule has 0 heterocycles. The van der Waals surface area contributed by atoms with E-state index in [-0.39, 0.29) is 5.97 Å². The van der Waals surface area contributed by atoms with Crippen molar-refractivity contribution in [1.29, 1.82) is 0 Å². The molecule has 0 aliphatic heterocycles. The highest BCUT2D eigenvalue weighted by atomic mass is 16.5.